The maximum Gasteiger partial charge on any atom is 0.0156 e. The first-order valence-corrected chi connectivity index (χ1v) is 6.09. The average molecular weight is 196 g/mol. The fraction of sp³-hybridized carbons (Fsp3) is 1.00. The molecule has 2 fully saturated rings. The lowest BCUT2D eigenvalue weighted by Crippen LogP contribution is -2.47. The number of nitrogens with zero attached hydrogens (tertiary/aromatic N) is 1. The minimum Gasteiger partial charge on any atom is -0.316 e. The molecule has 2 rings (SSSR count). The summed E-state index contributed by atoms with van der Waals surface area (Å²) in [5.41, 5.74) is 0.446. The Balaban J connectivity index is 1.99. The topological polar surface area (TPSA) is 15.3 Å². The molecule has 0 aliphatic carbocycles. The Morgan fingerprint density at radius 3 is 2.71 bits per heavy atom. The van der Waals surface area contributed by atoms with Gasteiger partial charge in [0.25, 0.3) is 0 Å². The van der Waals surface area contributed by atoms with Gasteiger partial charge in [0.2, 0.25) is 0 Å². The molecule has 2 aliphatic heterocycles. The predicted octanol–water partition coefficient (Wildman–Crippen LogP) is 1.86. The smallest absolute Gasteiger partial charge is 0.0156 e. The maximum absolute atomic E-state index is 3.48. The van der Waals surface area contributed by atoms with Gasteiger partial charge in [0, 0.05) is 11.6 Å². The second kappa shape index (κ2) is 3.82. The molecular formula is C12H24N2. The molecule has 2 heterocycles. The molecule has 0 bridgehead atoms. The first kappa shape index (κ1) is 10.4. The van der Waals surface area contributed by atoms with Crippen LogP contribution < -0.4 is 5.32 Å². The molecule has 0 amide bonds. The minimum absolute atomic E-state index is 0.446. The largest absolute Gasteiger partial charge is 0.316 e. The van der Waals surface area contributed by atoms with E-state index in [1.54, 1.807) is 0 Å². The van der Waals surface area contributed by atoms with Gasteiger partial charge in [-0.2, -0.15) is 0 Å². The molecule has 1 N–H and O–H groups in total. The van der Waals surface area contributed by atoms with Crippen molar-refractivity contribution in [3.63, 3.8) is 0 Å². The summed E-state index contributed by atoms with van der Waals surface area (Å²) in [6.45, 7) is 11.0. The van der Waals surface area contributed by atoms with Crippen molar-refractivity contribution < 1.29 is 0 Å². The standard InChI is InChI=1S/C12H24N2/c1-10(11-5-7-13-9-11)14-8-4-6-12(14,2)3/h10-11,13H,4-9H2,1-3H3. The zero-order valence-corrected chi connectivity index (χ0v) is 9.84. The first-order chi connectivity index (χ1) is 6.61. The molecule has 0 radical (unpaired) electrons. The third-order valence-electron chi connectivity index (χ3n) is 4.24. The minimum atomic E-state index is 0.446. The van der Waals surface area contributed by atoms with Crippen LogP contribution >= 0.6 is 0 Å². The highest BCUT2D eigenvalue weighted by atomic mass is 15.2. The molecule has 0 aromatic heterocycles. The molecule has 0 saturated carbocycles. The molecular weight excluding hydrogens is 172 g/mol. The Labute approximate surface area is 88.1 Å². The second-order valence-corrected chi connectivity index (χ2v) is 5.60. The van der Waals surface area contributed by atoms with E-state index in [0.717, 1.165) is 12.0 Å². The summed E-state index contributed by atoms with van der Waals surface area (Å²) in [6, 6.07) is 0.766. The molecule has 0 spiro atoms. The highest BCUT2D eigenvalue weighted by Crippen LogP contribution is 2.33. The summed E-state index contributed by atoms with van der Waals surface area (Å²) < 4.78 is 0. The van der Waals surface area contributed by atoms with Crippen LogP contribution in [0.1, 0.15) is 40.0 Å². The molecule has 14 heavy (non-hydrogen) atoms. The van der Waals surface area contributed by atoms with Crippen LogP contribution in [0.3, 0.4) is 0 Å². The zero-order chi connectivity index (χ0) is 10.2. The van der Waals surface area contributed by atoms with Crippen molar-refractivity contribution in [1.29, 1.82) is 0 Å². The fourth-order valence-electron chi connectivity index (χ4n) is 3.23. The van der Waals surface area contributed by atoms with Crippen LogP contribution in [0.2, 0.25) is 0 Å². The molecule has 82 valence electrons. The van der Waals surface area contributed by atoms with E-state index in [4.69, 9.17) is 0 Å². The summed E-state index contributed by atoms with van der Waals surface area (Å²) in [5, 5.41) is 3.48. The van der Waals surface area contributed by atoms with Gasteiger partial charge in [-0.05, 0) is 65.6 Å². The monoisotopic (exact) mass is 196 g/mol. The van der Waals surface area contributed by atoms with Gasteiger partial charge in [0.05, 0.1) is 0 Å². The summed E-state index contributed by atoms with van der Waals surface area (Å²) >= 11 is 0. The Morgan fingerprint density at radius 1 is 1.43 bits per heavy atom. The number of likely N-dealkylation sites (tertiary alicyclic amines) is 1. The van der Waals surface area contributed by atoms with Crippen LogP contribution in [0.5, 0.6) is 0 Å². The third kappa shape index (κ3) is 1.82. The van der Waals surface area contributed by atoms with E-state index in [-0.39, 0.29) is 0 Å². The van der Waals surface area contributed by atoms with Crippen LogP contribution in [0.4, 0.5) is 0 Å². The Hall–Kier alpha value is -0.0800. The predicted molar refractivity (Wildman–Crippen MR) is 60.5 cm³/mol. The maximum atomic E-state index is 3.48. The van der Waals surface area contributed by atoms with Gasteiger partial charge < -0.3 is 5.32 Å². The van der Waals surface area contributed by atoms with E-state index in [1.807, 2.05) is 0 Å². The quantitative estimate of drug-likeness (QED) is 0.725. The molecule has 2 unspecified atom stereocenters. The van der Waals surface area contributed by atoms with Gasteiger partial charge in [0.1, 0.15) is 0 Å². The van der Waals surface area contributed by atoms with E-state index >= 15 is 0 Å². The van der Waals surface area contributed by atoms with Crippen molar-refractivity contribution in [1.82, 2.24) is 10.2 Å². The Kier molecular flexibility index (Phi) is 2.85. The molecule has 2 heteroatoms. The summed E-state index contributed by atoms with van der Waals surface area (Å²) in [4.78, 5) is 2.73. The van der Waals surface area contributed by atoms with E-state index < -0.39 is 0 Å². The van der Waals surface area contributed by atoms with Gasteiger partial charge in [-0.15, -0.1) is 0 Å². The lowest BCUT2D eigenvalue weighted by molar-refractivity contribution is 0.0924. The van der Waals surface area contributed by atoms with Crippen molar-refractivity contribution in [3.05, 3.63) is 0 Å². The Morgan fingerprint density at radius 2 is 2.21 bits per heavy atom. The molecule has 2 nitrogen and oxygen atoms in total. The summed E-state index contributed by atoms with van der Waals surface area (Å²) in [6.07, 6.45) is 4.13. The van der Waals surface area contributed by atoms with Crippen molar-refractivity contribution in [2.24, 2.45) is 5.92 Å². The normalized spacial score (nSPS) is 34.9. The van der Waals surface area contributed by atoms with Gasteiger partial charge in [-0.25, -0.2) is 0 Å². The molecule has 0 aromatic rings. The van der Waals surface area contributed by atoms with Gasteiger partial charge in [-0.1, -0.05) is 0 Å². The number of rotatable bonds is 2. The number of hydrogen-bond acceptors (Lipinski definition) is 2. The van der Waals surface area contributed by atoms with Crippen LogP contribution in [0, 0.1) is 5.92 Å². The first-order valence-electron chi connectivity index (χ1n) is 6.09. The number of nitrogens with one attached hydrogen (secondary N) is 1. The van der Waals surface area contributed by atoms with Crippen molar-refractivity contribution in [3.8, 4) is 0 Å². The Bertz CT molecular complexity index is 194. The van der Waals surface area contributed by atoms with E-state index in [9.17, 15) is 0 Å². The SMILES string of the molecule is CC(C1CCNC1)N1CCCC1(C)C. The average Bonchev–Trinajstić information content (AvgIpc) is 2.71. The summed E-state index contributed by atoms with van der Waals surface area (Å²) in [7, 11) is 0. The molecule has 2 saturated heterocycles. The van der Waals surface area contributed by atoms with Crippen LogP contribution in [-0.2, 0) is 0 Å². The van der Waals surface area contributed by atoms with Gasteiger partial charge in [0.15, 0.2) is 0 Å². The van der Waals surface area contributed by atoms with Gasteiger partial charge >= 0.3 is 0 Å². The highest BCUT2D eigenvalue weighted by molar-refractivity contribution is 4.94. The third-order valence-corrected chi connectivity index (χ3v) is 4.24. The van der Waals surface area contributed by atoms with Crippen molar-refractivity contribution >= 4 is 0 Å². The van der Waals surface area contributed by atoms with Crippen molar-refractivity contribution in [2.75, 3.05) is 19.6 Å². The van der Waals surface area contributed by atoms with E-state index in [2.05, 4.69) is 31.0 Å². The summed E-state index contributed by atoms with van der Waals surface area (Å²) in [5.74, 6) is 0.882. The van der Waals surface area contributed by atoms with Gasteiger partial charge in [-0.3, -0.25) is 4.90 Å². The lowest BCUT2D eigenvalue weighted by atomic mass is 9.94. The zero-order valence-electron chi connectivity index (χ0n) is 9.84. The van der Waals surface area contributed by atoms with Crippen LogP contribution in [0.25, 0.3) is 0 Å². The van der Waals surface area contributed by atoms with Crippen LogP contribution in [-0.4, -0.2) is 36.1 Å². The van der Waals surface area contributed by atoms with E-state index in [0.29, 0.717) is 5.54 Å². The highest BCUT2D eigenvalue weighted by Gasteiger charge is 2.38. The molecule has 0 aromatic carbocycles. The van der Waals surface area contributed by atoms with Crippen LogP contribution in [0.15, 0.2) is 0 Å². The number of hydrogen-bond donors (Lipinski definition) is 1. The second-order valence-electron chi connectivity index (χ2n) is 5.60. The lowest BCUT2D eigenvalue weighted by Gasteiger charge is -2.39. The van der Waals surface area contributed by atoms with E-state index in [1.165, 1.54) is 38.9 Å². The molecule has 2 aliphatic rings. The van der Waals surface area contributed by atoms with Crippen molar-refractivity contribution in [2.45, 2.75) is 51.6 Å². The molecule has 2 atom stereocenters. The fourth-order valence-corrected chi connectivity index (χ4v) is 3.23.